The van der Waals surface area contributed by atoms with Gasteiger partial charge in [-0.2, -0.15) is 4.31 Å². The molecule has 0 heterocycles. The summed E-state index contributed by atoms with van der Waals surface area (Å²) in [4.78, 5) is 26.3. The van der Waals surface area contributed by atoms with E-state index < -0.39 is 39.9 Å². The average molecular weight is 451 g/mol. The van der Waals surface area contributed by atoms with Gasteiger partial charge in [0.2, 0.25) is 10.0 Å². The molecule has 7 nitrogen and oxygen atoms in total. The third-order valence-corrected chi connectivity index (χ3v) is 6.69. The Morgan fingerprint density at radius 1 is 1.03 bits per heavy atom. The van der Waals surface area contributed by atoms with Crippen LogP contribution in [0.4, 0.5) is 10.1 Å². The summed E-state index contributed by atoms with van der Waals surface area (Å²) in [6, 6.07) is 11.6. The normalized spacial score (nSPS) is 11.6. The molecule has 0 fully saturated rings. The summed E-state index contributed by atoms with van der Waals surface area (Å²) in [6.07, 6.45) is 0. The van der Waals surface area contributed by atoms with Crippen molar-refractivity contribution in [1.29, 1.82) is 0 Å². The van der Waals surface area contributed by atoms with Crippen molar-refractivity contribution in [2.75, 3.05) is 24.6 Å². The van der Waals surface area contributed by atoms with Gasteiger partial charge in [-0.25, -0.2) is 17.6 Å². The third-order valence-electron chi connectivity index (χ3n) is 4.65. The number of ether oxygens (including phenoxy) is 1. The van der Waals surface area contributed by atoms with E-state index >= 15 is 0 Å². The van der Waals surface area contributed by atoms with Gasteiger partial charge < -0.3 is 9.64 Å². The molecule has 0 unspecified atom stereocenters. The number of esters is 1. The Morgan fingerprint density at radius 2 is 1.65 bits per heavy atom. The molecule has 0 spiro atoms. The Bertz CT molecular complexity index is 1020. The lowest BCUT2D eigenvalue weighted by Gasteiger charge is -2.26. The van der Waals surface area contributed by atoms with Gasteiger partial charge in [0.15, 0.2) is 6.61 Å². The predicted molar refractivity (Wildman–Crippen MR) is 116 cm³/mol. The van der Waals surface area contributed by atoms with E-state index in [-0.39, 0.29) is 24.0 Å². The number of rotatable bonds is 9. The van der Waals surface area contributed by atoms with E-state index in [1.54, 1.807) is 38.1 Å². The van der Waals surface area contributed by atoms with Crippen LogP contribution in [0.15, 0.2) is 53.4 Å². The Morgan fingerprint density at radius 3 is 2.19 bits per heavy atom. The van der Waals surface area contributed by atoms with Crippen molar-refractivity contribution in [3.8, 4) is 0 Å². The lowest BCUT2D eigenvalue weighted by molar-refractivity contribution is -0.122. The summed E-state index contributed by atoms with van der Waals surface area (Å²) in [5.74, 6) is -2.53. The summed E-state index contributed by atoms with van der Waals surface area (Å²) in [5, 5.41) is 0. The molecule has 0 saturated carbocycles. The van der Waals surface area contributed by atoms with Crippen LogP contribution in [0.1, 0.15) is 38.1 Å². The van der Waals surface area contributed by atoms with Gasteiger partial charge in [-0.1, -0.05) is 32.0 Å². The molecule has 0 aromatic heterocycles. The topological polar surface area (TPSA) is 84.0 Å². The fourth-order valence-electron chi connectivity index (χ4n) is 3.13. The maximum atomic E-state index is 14.2. The van der Waals surface area contributed by atoms with E-state index in [2.05, 4.69) is 0 Å². The van der Waals surface area contributed by atoms with Crippen LogP contribution in [0.5, 0.6) is 0 Å². The van der Waals surface area contributed by atoms with E-state index in [0.717, 1.165) is 18.2 Å². The molecule has 1 amide bonds. The number of hydrogen-bond acceptors (Lipinski definition) is 5. The Kier molecular flexibility index (Phi) is 8.29. The fraction of sp³-hybridized carbons (Fsp3) is 0.364. The third kappa shape index (κ3) is 5.68. The second-order valence-corrected chi connectivity index (χ2v) is 8.94. The van der Waals surface area contributed by atoms with Crippen LogP contribution in [0, 0.1) is 5.82 Å². The Labute approximate surface area is 182 Å². The molecule has 0 radical (unpaired) electrons. The number of carbonyl (C=O) groups is 2. The molecule has 31 heavy (non-hydrogen) atoms. The largest absolute Gasteiger partial charge is 0.452 e. The highest BCUT2D eigenvalue weighted by Crippen LogP contribution is 2.21. The van der Waals surface area contributed by atoms with Crippen molar-refractivity contribution in [1.82, 2.24) is 4.31 Å². The molecule has 0 bridgehead atoms. The van der Waals surface area contributed by atoms with E-state index in [9.17, 15) is 22.4 Å². The van der Waals surface area contributed by atoms with Crippen LogP contribution in [-0.2, 0) is 19.6 Å². The number of benzene rings is 2. The summed E-state index contributed by atoms with van der Waals surface area (Å²) in [5.41, 5.74) is 0.0916. The van der Waals surface area contributed by atoms with Gasteiger partial charge in [-0.3, -0.25) is 4.79 Å². The van der Waals surface area contributed by atoms with Crippen molar-refractivity contribution in [2.45, 2.75) is 38.6 Å². The monoisotopic (exact) mass is 450 g/mol. The van der Waals surface area contributed by atoms with E-state index in [1.165, 1.54) is 9.21 Å². The van der Waals surface area contributed by atoms with Crippen molar-refractivity contribution in [2.24, 2.45) is 0 Å². The first kappa shape index (κ1) is 24.5. The molecule has 0 aliphatic carbocycles. The standard InChI is InChI=1S/C22H27FN2O5S/c1-5-24(6-2)31(28,29)18-12-13-20(23)19(14-18)22(27)30-15-21(26)25(16(3)4)17-10-8-7-9-11-17/h7-14,16H,5-6,15H2,1-4H3. The van der Waals surface area contributed by atoms with Gasteiger partial charge in [0.05, 0.1) is 10.5 Å². The summed E-state index contributed by atoms with van der Waals surface area (Å²) >= 11 is 0. The van der Waals surface area contributed by atoms with Gasteiger partial charge in [0.25, 0.3) is 5.91 Å². The number of carbonyl (C=O) groups excluding carboxylic acids is 2. The summed E-state index contributed by atoms with van der Waals surface area (Å²) < 4.78 is 45.8. The zero-order valence-electron chi connectivity index (χ0n) is 18.0. The minimum atomic E-state index is -3.88. The van der Waals surface area contributed by atoms with Gasteiger partial charge in [-0.05, 0) is 44.2 Å². The second-order valence-electron chi connectivity index (χ2n) is 7.00. The number of nitrogens with zero attached hydrogens (tertiary/aromatic N) is 2. The minimum Gasteiger partial charge on any atom is -0.452 e. The highest BCUT2D eigenvalue weighted by Gasteiger charge is 2.26. The molecule has 9 heteroatoms. The van der Waals surface area contributed by atoms with E-state index in [0.29, 0.717) is 5.69 Å². The summed E-state index contributed by atoms with van der Waals surface area (Å²) in [7, 11) is -3.88. The first-order valence-corrected chi connectivity index (χ1v) is 11.4. The highest BCUT2D eigenvalue weighted by molar-refractivity contribution is 7.89. The van der Waals surface area contributed by atoms with Crippen LogP contribution in [0.25, 0.3) is 0 Å². The number of amides is 1. The highest BCUT2D eigenvalue weighted by atomic mass is 32.2. The zero-order valence-corrected chi connectivity index (χ0v) is 18.9. The Balaban J connectivity index is 2.21. The quantitative estimate of drug-likeness (QED) is 0.547. The second kappa shape index (κ2) is 10.5. The smallest absolute Gasteiger partial charge is 0.341 e. The lowest BCUT2D eigenvalue weighted by Crippen LogP contribution is -2.40. The van der Waals surface area contributed by atoms with Crippen molar-refractivity contribution in [3.05, 3.63) is 59.9 Å². The first-order chi connectivity index (χ1) is 14.6. The van der Waals surface area contributed by atoms with E-state index in [1.807, 2.05) is 19.9 Å². The molecule has 0 aliphatic heterocycles. The van der Waals surface area contributed by atoms with Crippen LogP contribution in [-0.4, -0.2) is 50.3 Å². The van der Waals surface area contributed by atoms with Gasteiger partial charge in [0, 0.05) is 24.8 Å². The van der Waals surface area contributed by atoms with Gasteiger partial charge in [-0.15, -0.1) is 0 Å². The van der Waals surface area contributed by atoms with E-state index in [4.69, 9.17) is 4.74 Å². The number of hydrogen-bond donors (Lipinski definition) is 0. The van der Waals surface area contributed by atoms with Crippen LogP contribution in [0.3, 0.4) is 0 Å². The molecule has 2 aromatic carbocycles. The Hall–Kier alpha value is -2.78. The fourth-order valence-corrected chi connectivity index (χ4v) is 4.61. The molecule has 2 rings (SSSR count). The molecular formula is C22H27FN2O5S. The minimum absolute atomic E-state index is 0.201. The predicted octanol–water partition coefficient (Wildman–Crippen LogP) is 3.45. The lowest BCUT2D eigenvalue weighted by atomic mass is 10.2. The molecule has 0 N–H and O–H groups in total. The molecule has 0 atom stereocenters. The van der Waals surface area contributed by atoms with Crippen LogP contribution >= 0.6 is 0 Å². The maximum Gasteiger partial charge on any atom is 0.341 e. The van der Waals surface area contributed by atoms with Gasteiger partial charge in [0.1, 0.15) is 5.82 Å². The van der Waals surface area contributed by atoms with Crippen LogP contribution in [0.2, 0.25) is 0 Å². The molecule has 168 valence electrons. The number of sulfonamides is 1. The van der Waals surface area contributed by atoms with Gasteiger partial charge >= 0.3 is 5.97 Å². The molecule has 2 aromatic rings. The number of anilines is 1. The number of halogens is 1. The zero-order chi connectivity index (χ0) is 23.2. The SMILES string of the molecule is CCN(CC)S(=O)(=O)c1ccc(F)c(C(=O)OCC(=O)N(c2ccccc2)C(C)C)c1. The first-order valence-electron chi connectivity index (χ1n) is 9.97. The van der Waals surface area contributed by atoms with Crippen molar-refractivity contribution >= 4 is 27.6 Å². The summed E-state index contributed by atoms with van der Waals surface area (Å²) in [6.45, 7) is 6.83. The average Bonchev–Trinajstić information content (AvgIpc) is 2.73. The van der Waals surface area contributed by atoms with Crippen molar-refractivity contribution < 1.29 is 27.1 Å². The molecular weight excluding hydrogens is 423 g/mol. The van der Waals surface area contributed by atoms with Crippen LogP contribution < -0.4 is 4.90 Å². The van der Waals surface area contributed by atoms with Crippen molar-refractivity contribution in [3.63, 3.8) is 0 Å². The molecule has 0 aliphatic rings. The molecule has 0 saturated heterocycles. The maximum absolute atomic E-state index is 14.2. The number of para-hydroxylation sites is 1.